The molecule has 2 aliphatic rings. The van der Waals surface area contributed by atoms with Crippen molar-refractivity contribution in [3.8, 4) is 5.75 Å². The minimum absolute atomic E-state index is 0.000590. The van der Waals surface area contributed by atoms with Gasteiger partial charge in [0.1, 0.15) is 11.3 Å². The van der Waals surface area contributed by atoms with Gasteiger partial charge >= 0.3 is 18.3 Å². The van der Waals surface area contributed by atoms with Crippen LogP contribution in [0, 0.1) is 11.8 Å². The maximum atomic E-state index is 13.7. The normalized spacial score (nSPS) is 24.5. The summed E-state index contributed by atoms with van der Waals surface area (Å²) < 4.78 is 47.2. The molecule has 0 aromatic heterocycles. The number of methoxy groups -OCH3 is 1. The van der Waals surface area contributed by atoms with Gasteiger partial charge in [0.2, 0.25) is 11.8 Å². The van der Waals surface area contributed by atoms with Gasteiger partial charge in [0.25, 0.3) is 0 Å². The molecule has 0 bridgehead atoms. The Morgan fingerprint density at radius 1 is 1.13 bits per heavy atom. The van der Waals surface area contributed by atoms with Crippen molar-refractivity contribution < 1.29 is 46.9 Å². The first-order valence-corrected chi connectivity index (χ1v) is 13.2. The van der Waals surface area contributed by atoms with Gasteiger partial charge < -0.3 is 14.6 Å². The van der Waals surface area contributed by atoms with E-state index in [9.17, 15) is 37.5 Å². The van der Waals surface area contributed by atoms with Crippen molar-refractivity contribution in [2.75, 3.05) is 19.1 Å². The van der Waals surface area contributed by atoms with E-state index in [1.165, 1.54) is 43.1 Å². The van der Waals surface area contributed by atoms with E-state index < -0.39 is 59.3 Å². The van der Waals surface area contributed by atoms with Gasteiger partial charge in [0.15, 0.2) is 0 Å². The highest BCUT2D eigenvalue weighted by Crippen LogP contribution is 2.51. The molecule has 2 saturated heterocycles. The molecule has 2 N–H and O–H groups in total. The van der Waals surface area contributed by atoms with Gasteiger partial charge in [0, 0.05) is 6.04 Å². The average molecular weight is 567 g/mol. The Morgan fingerprint density at radius 2 is 1.82 bits per heavy atom. The maximum Gasteiger partial charge on any atom is 0.573 e. The number of esters is 1. The molecule has 9 nitrogen and oxygen atoms in total. The summed E-state index contributed by atoms with van der Waals surface area (Å²) >= 11 is 1.36. The van der Waals surface area contributed by atoms with Crippen LogP contribution >= 0.6 is 11.8 Å². The summed E-state index contributed by atoms with van der Waals surface area (Å²) in [5, 5.41) is 13.3. The second-order valence-corrected chi connectivity index (χ2v) is 10.2. The molecule has 2 aromatic rings. The number of fused-ring (bicyclic) bond motifs is 1. The third kappa shape index (κ3) is 5.46. The number of amides is 2. The first-order valence-electron chi connectivity index (χ1n) is 11.8. The minimum atomic E-state index is -4.95. The number of alkyl halides is 3. The standard InChI is InChI=1S/C26H25F3N2O7S/c1-37-23(34)15-8-6-14(7-9-15)13-31-21(32)18-19(22(31)33)25(24(35)36,10-11-39-2)30-20(18)16-4-3-5-17(12-16)38-26(27,28)29/h3-9,12,18-20,30H,10-11,13H2,1-2H3,(H,35,36). The molecule has 13 heteroatoms. The predicted molar refractivity (Wildman–Crippen MR) is 133 cm³/mol. The number of carbonyl (C=O) groups is 4. The molecule has 4 rings (SSSR count). The molecule has 0 saturated carbocycles. The van der Waals surface area contributed by atoms with Gasteiger partial charge in [-0.2, -0.15) is 11.8 Å². The number of hydrogen-bond donors (Lipinski definition) is 2. The summed E-state index contributed by atoms with van der Waals surface area (Å²) in [7, 11) is 1.23. The molecule has 208 valence electrons. The molecule has 2 fully saturated rings. The molecule has 4 unspecified atom stereocenters. The van der Waals surface area contributed by atoms with Crippen LogP contribution in [-0.4, -0.2) is 64.8 Å². The number of hydrogen-bond acceptors (Lipinski definition) is 8. The third-order valence-corrected chi connectivity index (χ3v) is 7.61. The van der Waals surface area contributed by atoms with Crippen LogP contribution in [-0.2, 0) is 25.7 Å². The van der Waals surface area contributed by atoms with Crippen molar-refractivity contribution in [1.82, 2.24) is 10.2 Å². The van der Waals surface area contributed by atoms with Crippen molar-refractivity contribution in [1.29, 1.82) is 0 Å². The number of halogens is 3. The van der Waals surface area contributed by atoms with E-state index in [2.05, 4.69) is 14.8 Å². The Labute approximate surface area is 225 Å². The Morgan fingerprint density at radius 3 is 2.41 bits per heavy atom. The van der Waals surface area contributed by atoms with Gasteiger partial charge in [-0.15, -0.1) is 13.2 Å². The number of thioether (sulfide) groups is 1. The van der Waals surface area contributed by atoms with Gasteiger partial charge in [-0.05, 0) is 53.8 Å². The topological polar surface area (TPSA) is 122 Å². The molecule has 2 aromatic carbocycles. The number of carboxylic acids is 1. The highest BCUT2D eigenvalue weighted by Gasteiger charge is 2.68. The van der Waals surface area contributed by atoms with Gasteiger partial charge in [-0.1, -0.05) is 24.3 Å². The molecule has 0 spiro atoms. The van der Waals surface area contributed by atoms with E-state index in [0.29, 0.717) is 11.3 Å². The summed E-state index contributed by atoms with van der Waals surface area (Å²) in [5.41, 5.74) is -0.858. The molecule has 2 amide bonds. The number of carboxylic acid groups (broad SMARTS) is 1. The lowest BCUT2D eigenvalue weighted by Gasteiger charge is -2.31. The van der Waals surface area contributed by atoms with E-state index in [0.717, 1.165) is 17.0 Å². The van der Waals surface area contributed by atoms with Crippen LogP contribution in [0.2, 0.25) is 0 Å². The smallest absolute Gasteiger partial charge is 0.480 e. The first kappa shape index (κ1) is 28.4. The van der Waals surface area contributed by atoms with Gasteiger partial charge in [0.05, 0.1) is 31.1 Å². The summed E-state index contributed by atoms with van der Waals surface area (Å²) in [6.07, 6.45) is -3.18. The second kappa shape index (κ2) is 10.9. The molecular weight excluding hydrogens is 541 g/mol. The Kier molecular flexibility index (Phi) is 7.94. The molecule has 0 radical (unpaired) electrons. The molecule has 39 heavy (non-hydrogen) atoms. The van der Waals surface area contributed by atoms with Crippen molar-refractivity contribution in [3.05, 3.63) is 65.2 Å². The van der Waals surface area contributed by atoms with Crippen LogP contribution in [0.4, 0.5) is 13.2 Å². The van der Waals surface area contributed by atoms with Crippen LogP contribution in [0.25, 0.3) is 0 Å². The number of benzene rings is 2. The third-order valence-electron chi connectivity index (χ3n) is 6.99. The predicted octanol–water partition coefficient (Wildman–Crippen LogP) is 3.39. The number of nitrogens with one attached hydrogen (secondary N) is 1. The van der Waals surface area contributed by atoms with Gasteiger partial charge in [-0.25, -0.2) is 4.79 Å². The minimum Gasteiger partial charge on any atom is -0.480 e. The average Bonchev–Trinajstić information content (AvgIpc) is 3.36. The molecule has 2 heterocycles. The fraction of sp³-hybridized carbons (Fsp3) is 0.385. The van der Waals surface area contributed by atoms with E-state index in [-0.39, 0.29) is 24.1 Å². The summed E-state index contributed by atoms with van der Waals surface area (Å²) in [6, 6.07) is 9.92. The molecule has 4 atom stereocenters. The second-order valence-electron chi connectivity index (χ2n) is 9.22. The summed E-state index contributed by atoms with van der Waals surface area (Å²) in [6.45, 7) is -0.172. The van der Waals surface area contributed by atoms with Crippen molar-refractivity contribution in [2.45, 2.75) is 30.9 Å². The fourth-order valence-electron chi connectivity index (χ4n) is 5.25. The number of ether oxygens (including phenoxy) is 2. The van der Waals surface area contributed by atoms with Crippen molar-refractivity contribution in [2.24, 2.45) is 11.8 Å². The molecule has 0 aliphatic carbocycles. The van der Waals surface area contributed by atoms with Crippen LogP contribution in [0.1, 0.15) is 33.9 Å². The Bertz CT molecular complexity index is 1290. The SMILES string of the molecule is COC(=O)c1ccc(CN2C(=O)C3C(c4cccc(OC(F)(F)F)c4)NC(CCSC)(C(=O)O)C3C2=O)cc1. The monoisotopic (exact) mass is 566 g/mol. The number of aliphatic carboxylic acids is 1. The van der Waals surface area contributed by atoms with E-state index in [4.69, 9.17) is 0 Å². The van der Waals surface area contributed by atoms with E-state index >= 15 is 0 Å². The summed E-state index contributed by atoms with van der Waals surface area (Å²) in [4.78, 5) is 52.7. The van der Waals surface area contributed by atoms with Gasteiger partial charge in [-0.3, -0.25) is 24.6 Å². The quantitative estimate of drug-likeness (QED) is 0.347. The fourth-order valence-corrected chi connectivity index (χ4v) is 5.78. The molecule has 2 aliphatic heterocycles. The van der Waals surface area contributed by atoms with Crippen LogP contribution in [0.3, 0.4) is 0 Å². The number of carbonyl (C=O) groups excluding carboxylic acids is 3. The van der Waals surface area contributed by atoms with Crippen molar-refractivity contribution in [3.63, 3.8) is 0 Å². The van der Waals surface area contributed by atoms with Crippen LogP contribution in [0.5, 0.6) is 5.75 Å². The van der Waals surface area contributed by atoms with Crippen molar-refractivity contribution >= 4 is 35.5 Å². The largest absolute Gasteiger partial charge is 0.573 e. The zero-order chi connectivity index (χ0) is 28.5. The Hall–Kier alpha value is -3.58. The zero-order valence-corrected chi connectivity index (χ0v) is 21.7. The number of nitrogens with zero attached hydrogens (tertiary/aromatic N) is 1. The van der Waals surface area contributed by atoms with E-state index in [1.807, 2.05) is 0 Å². The molecular formula is C26H25F3N2O7S. The highest BCUT2D eigenvalue weighted by molar-refractivity contribution is 7.98. The lowest BCUT2D eigenvalue weighted by molar-refractivity contribution is -0.274. The van der Waals surface area contributed by atoms with Crippen LogP contribution < -0.4 is 10.1 Å². The highest BCUT2D eigenvalue weighted by atomic mass is 32.2. The van der Waals surface area contributed by atoms with E-state index in [1.54, 1.807) is 18.4 Å². The number of imide groups is 1. The number of likely N-dealkylation sites (tertiary alicyclic amines) is 1. The summed E-state index contributed by atoms with van der Waals surface area (Å²) in [5.74, 6) is -5.88. The lowest BCUT2D eigenvalue weighted by atomic mass is 9.78. The lowest BCUT2D eigenvalue weighted by Crippen LogP contribution is -2.56. The first-order chi connectivity index (χ1) is 18.4. The zero-order valence-electron chi connectivity index (χ0n) is 20.9. The maximum absolute atomic E-state index is 13.7. The Balaban J connectivity index is 1.72. The van der Waals surface area contributed by atoms with Crippen LogP contribution in [0.15, 0.2) is 48.5 Å². The number of rotatable bonds is 9.